The van der Waals surface area contributed by atoms with E-state index in [1.165, 1.54) is 36.4 Å². The van der Waals surface area contributed by atoms with E-state index in [0.29, 0.717) is 5.56 Å². The van der Waals surface area contributed by atoms with Gasteiger partial charge in [-0.2, -0.15) is 0 Å². The number of hydrogen-bond donors (Lipinski definition) is 2. The molecule has 0 amide bonds. The predicted octanol–water partition coefficient (Wildman–Crippen LogP) is 1.97. The average Bonchev–Trinajstić information content (AvgIpc) is 2.48. The summed E-state index contributed by atoms with van der Waals surface area (Å²) in [6.45, 7) is -0.301. The Kier molecular flexibility index (Phi) is 4.58. The van der Waals surface area contributed by atoms with Gasteiger partial charge in [0.1, 0.15) is 12.4 Å². The molecule has 0 heterocycles. The second kappa shape index (κ2) is 6.39. The molecule has 0 radical (unpaired) electrons. The van der Waals surface area contributed by atoms with E-state index < -0.39 is 15.8 Å². The van der Waals surface area contributed by atoms with Gasteiger partial charge in [-0.25, -0.2) is 12.8 Å². The molecule has 0 aliphatic heterocycles. The van der Waals surface area contributed by atoms with Crippen molar-refractivity contribution in [2.45, 2.75) is 4.90 Å². The van der Waals surface area contributed by atoms with E-state index in [9.17, 15) is 12.8 Å². The first-order valence-electron chi connectivity index (χ1n) is 5.99. The van der Waals surface area contributed by atoms with Crippen molar-refractivity contribution in [3.63, 3.8) is 0 Å². The van der Waals surface area contributed by atoms with E-state index in [1.54, 1.807) is 12.1 Å². The summed E-state index contributed by atoms with van der Waals surface area (Å²) in [6.07, 6.45) is 0. The number of benzene rings is 2. The van der Waals surface area contributed by atoms with E-state index in [0.717, 1.165) is 0 Å². The summed E-state index contributed by atoms with van der Waals surface area (Å²) in [4.78, 5) is 0.0385. The highest BCUT2D eigenvalue weighted by Gasteiger charge is 2.14. The highest BCUT2D eigenvalue weighted by molar-refractivity contribution is 7.92. The van der Waals surface area contributed by atoms with Crippen molar-refractivity contribution in [2.24, 2.45) is 0 Å². The molecule has 21 heavy (non-hydrogen) atoms. The lowest BCUT2D eigenvalue weighted by Gasteiger charge is -2.08. The van der Waals surface area contributed by atoms with E-state index in [4.69, 9.17) is 5.11 Å². The highest BCUT2D eigenvalue weighted by atomic mass is 32.2. The van der Waals surface area contributed by atoms with Crippen LogP contribution in [-0.2, 0) is 10.0 Å². The standard InChI is InChI=1S/C15H12FNO3S/c16-13-6-8-14(9-7-13)17-21(19,20)15-5-1-3-12(11-15)4-2-10-18/h1,3,5-9,11,17-18H,10H2. The zero-order valence-corrected chi connectivity index (χ0v) is 11.7. The van der Waals surface area contributed by atoms with Crippen LogP contribution in [0.1, 0.15) is 5.56 Å². The van der Waals surface area contributed by atoms with Gasteiger partial charge in [0.15, 0.2) is 0 Å². The van der Waals surface area contributed by atoms with E-state index in [2.05, 4.69) is 16.6 Å². The summed E-state index contributed by atoms with van der Waals surface area (Å²) in [5.41, 5.74) is 0.745. The smallest absolute Gasteiger partial charge is 0.261 e. The SMILES string of the molecule is O=S(=O)(Nc1ccc(F)cc1)c1cccc(C#CCO)c1. The number of aliphatic hydroxyl groups is 1. The molecule has 2 N–H and O–H groups in total. The molecular formula is C15H12FNO3S. The van der Waals surface area contributed by atoms with Crippen LogP contribution in [0.15, 0.2) is 53.4 Å². The van der Waals surface area contributed by atoms with Crippen LogP contribution in [0.25, 0.3) is 0 Å². The Morgan fingerprint density at radius 1 is 1.14 bits per heavy atom. The first-order valence-corrected chi connectivity index (χ1v) is 7.48. The normalized spacial score (nSPS) is 10.6. The zero-order chi connectivity index (χ0) is 15.3. The summed E-state index contributed by atoms with van der Waals surface area (Å²) in [6, 6.07) is 11.0. The minimum Gasteiger partial charge on any atom is -0.384 e. The Labute approximate surface area is 122 Å². The van der Waals surface area contributed by atoms with Crippen LogP contribution in [0.2, 0.25) is 0 Å². The average molecular weight is 305 g/mol. The van der Waals surface area contributed by atoms with Crippen LogP contribution >= 0.6 is 0 Å². The first-order chi connectivity index (χ1) is 10.0. The molecule has 4 nitrogen and oxygen atoms in total. The van der Waals surface area contributed by atoms with Crippen LogP contribution in [0, 0.1) is 17.7 Å². The van der Waals surface area contributed by atoms with Crippen molar-refractivity contribution < 1.29 is 17.9 Å². The number of rotatable bonds is 3. The third kappa shape index (κ3) is 4.05. The fourth-order valence-corrected chi connectivity index (χ4v) is 2.72. The van der Waals surface area contributed by atoms with E-state index in [-0.39, 0.29) is 17.2 Å². The maximum Gasteiger partial charge on any atom is 0.261 e. The number of aliphatic hydroxyl groups excluding tert-OH is 1. The number of nitrogens with one attached hydrogen (secondary N) is 1. The van der Waals surface area contributed by atoms with Crippen molar-refractivity contribution in [3.05, 3.63) is 59.9 Å². The minimum absolute atomic E-state index is 0.0385. The molecule has 0 unspecified atom stereocenters. The van der Waals surface area contributed by atoms with Gasteiger partial charge >= 0.3 is 0 Å². The van der Waals surface area contributed by atoms with Gasteiger partial charge in [0.25, 0.3) is 10.0 Å². The van der Waals surface area contributed by atoms with Crippen molar-refractivity contribution in [1.29, 1.82) is 0 Å². The van der Waals surface area contributed by atoms with Gasteiger partial charge in [-0.1, -0.05) is 17.9 Å². The lowest BCUT2D eigenvalue weighted by atomic mass is 10.2. The fourth-order valence-electron chi connectivity index (χ4n) is 1.61. The molecule has 0 aliphatic rings. The Balaban J connectivity index is 2.29. The Bertz CT molecular complexity index is 790. The Hall–Kier alpha value is -2.36. The molecule has 2 aromatic rings. The molecule has 0 saturated carbocycles. The molecular weight excluding hydrogens is 293 g/mol. The Morgan fingerprint density at radius 3 is 2.52 bits per heavy atom. The Morgan fingerprint density at radius 2 is 1.86 bits per heavy atom. The molecule has 0 bridgehead atoms. The number of hydrogen-bond acceptors (Lipinski definition) is 3. The second-order valence-corrected chi connectivity index (χ2v) is 5.78. The van der Waals surface area contributed by atoms with Crippen molar-refractivity contribution in [1.82, 2.24) is 0 Å². The quantitative estimate of drug-likeness (QED) is 0.852. The van der Waals surface area contributed by atoms with Gasteiger partial charge < -0.3 is 5.11 Å². The van der Waals surface area contributed by atoms with Crippen LogP contribution in [0.3, 0.4) is 0 Å². The molecule has 0 fully saturated rings. The lowest BCUT2D eigenvalue weighted by Crippen LogP contribution is -2.13. The van der Waals surface area contributed by atoms with E-state index in [1.807, 2.05) is 0 Å². The monoisotopic (exact) mass is 305 g/mol. The van der Waals surface area contributed by atoms with Gasteiger partial charge in [-0.05, 0) is 42.5 Å². The summed E-state index contributed by atoms with van der Waals surface area (Å²) in [7, 11) is -3.78. The molecule has 0 spiro atoms. The molecule has 2 aromatic carbocycles. The molecule has 0 aromatic heterocycles. The largest absolute Gasteiger partial charge is 0.384 e. The molecule has 0 saturated heterocycles. The summed E-state index contributed by atoms with van der Waals surface area (Å²) >= 11 is 0. The zero-order valence-electron chi connectivity index (χ0n) is 10.9. The number of halogens is 1. The maximum atomic E-state index is 12.8. The van der Waals surface area contributed by atoms with Gasteiger partial charge in [-0.3, -0.25) is 4.72 Å². The third-order valence-corrected chi connectivity index (χ3v) is 3.93. The van der Waals surface area contributed by atoms with Crippen molar-refractivity contribution in [3.8, 4) is 11.8 Å². The van der Waals surface area contributed by atoms with E-state index >= 15 is 0 Å². The number of anilines is 1. The number of sulfonamides is 1. The van der Waals surface area contributed by atoms with Crippen LogP contribution in [0.4, 0.5) is 10.1 Å². The molecule has 0 atom stereocenters. The summed E-state index contributed by atoms with van der Waals surface area (Å²) in [5, 5.41) is 8.64. The molecule has 108 valence electrons. The van der Waals surface area contributed by atoms with Gasteiger partial charge in [0.2, 0.25) is 0 Å². The van der Waals surface area contributed by atoms with Gasteiger partial charge in [0.05, 0.1) is 4.90 Å². The summed E-state index contributed by atoms with van der Waals surface area (Å²) in [5.74, 6) is 4.64. The van der Waals surface area contributed by atoms with Crippen LogP contribution < -0.4 is 4.72 Å². The molecule has 2 rings (SSSR count). The first kappa shape index (κ1) is 15.0. The van der Waals surface area contributed by atoms with Crippen molar-refractivity contribution in [2.75, 3.05) is 11.3 Å². The van der Waals surface area contributed by atoms with Gasteiger partial charge in [-0.15, -0.1) is 0 Å². The minimum atomic E-state index is -3.78. The maximum absolute atomic E-state index is 12.8. The molecule has 6 heteroatoms. The van der Waals surface area contributed by atoms with Crippen LogP contribution in [0.5, 0.6) is 0 Å². The van der Waals surface area contributed by atoms with Crippen molar-refractivity contribution >= 4 is 15.7 Å². The summed E-state index contributed by atoms with van der Waals surface area (Å²) < 4.78 is 39.6. The lowest BCUT2D eigenvalue weighted by molar-refractivity contribution is 0.350. The van der Waals surface area contributed by atoms with Crippen LogP contribution in [-0.4, -0.2) is 20.1 Å². The second-order valence-electron chi connectivity index (χ2n) is 4.10. The fraction of sp³-hybridized carbons (Fsp3) is 0.0667. The third-order valence-electron chi connectivity index (χ3n) is 2.55. The topological polar surface area (TPSA) is 66.4 Å². The van der Waals surface area contributed by atoms with Gasteiger partial charge in [0, 0.05) is 11.3 Å². The highest BCUT2D eigenvalue weighted by Crippen LogP contribution is 2.17. The predicted molar refractivity (Wildman–Crippen MR) is 77.6 cm³/mol. The molecule has 0 aliphatic carbocycles.